The summed E-state index contributed by atoms with van der Waals surface area (Å²) in [7, 11) is 0. The number of hydrogen-bond acceptors (Lipinski definition) is 2. The van der Waals surface area contributed by atoms with E-state index in [0.29, 0.717) is 6.54 Å². The summed E-state index contributed by atoms with van der Waals surface area (Å²) in [6, 6.07) is 0. The Morgan fingerprint density at radius 1 is 1.45 bits per heavy atom. The summed E-state index contributed by atoms with van der Waals surface area (Å²) >= 11 is 0. The highest BCUT2D eigenvalue weighted by Crippen LogP contribution is 2.09. The molecule has 0 aliphatic heterocycles. The van der Waals surface area contributed by atoms with E-state index >= 15 is 0 Å². The first-order chi connectivity index (χ1) is 4.87. The third-order valence-electron chi connectivity index (χ3n) is 1.02. The fourth-order valence-corrected chi connectivity index (χ4v) is 0.682. The van der Waals surface area contributed by atoms with Crippen molar-refractivity contribution in [2.45, 2.75) is 40.2 Å². The Hall–Kier alpha value is -0.570. The lowest BCUT2D eigenvalue weighted by Crippen LogP contribution is -2.36. The Kier molecular flexibility index (Phi) is 3.52. The van der Waals surface area contributed by atoms with E-state index in [1.807, 2.05) is 27.7 Å². The Morgan fingerprint density at radius 2 is 1.91 bits per heavy atom. The van der Waals surface area contributed by atoms with Crippen LogP contribution in [0.2, 0.25) is 0 Å². The quantitative estimate of drug-likeness (QED) is 0.572. The highest BCUT2D eigenvalue weighted by Gasteiger charge is 2.17. The number of rotatable bonds is 2. The molecule has 0 N–H and O–H groups in total. The van der Waals surface area contributed by atoms with Crippen LogP contribution < -0.4 is 0 Å². The molecule has 0 rings (SSSR count). The number of hydroxylamine groups is 2. The monoisotopic (exact) mass is 159 g/mol. The number of carbonyl (C=O) groups is 1. The van der Waals surface area contributed by atoms with E-state index in [1.54, 1.807) is 0 Å². The Bertz CT molecular complexity index is 138. The van der Waals surface area contributed by atoms with Gasteiger partial charge in [0.2, 0.25) is 5.91 Å². The van der Waals surface area contributed by atoms with E-state index in [9.17, 15) is 4.79 Å². The number of hydrogen-bond donors (Lipinski definition) is 0. The topological polar surface area (TPSA) is 29.5 Å². The van der Waals surface area contributed by atoms with Gasteiger partial charge in [0.25, 0.3) is 0 Å². The van der Waals surface area contributed by atoms with Gasteiger partial charge in [0.15, 0.2) is 0 Å². The maximum Gasteiger partial charge on any atom is 0.243 e. The van der Waals surface area contributed by atoms with E-state index in [1.165, 1.54) is 12.0 Å². The van der Waals surface area contributed by atoms with Crippen molar-refractivity contribution in [1.82, 2.24) is 5.06 Å². The molecule has 0 aromatic rings. The van der Waals surface area contributed by atoms with Gasteiger partial charge in [0, 0.05) is 13.5 Å². The van der Waals surface area contributed by atoms with Gasteiger partial charge in [-0.1, -0.05) is 0 Å². The first kappa shape index (κ1) is 10.4. The Morgan fingerprint density at radius 3 is 2.00 bits per heavy atom. The molecule has 0 fully saturated rings. The standard InChI is InChI=1S/C8H17NO2/c1-6-9(7(2)10)11-8(3,4)5/h6H2,1-5H3. The fourth-order valence-electron chi connectivity index (χ4n) is 0.682. The summed E-state index contributed by atoms with van der Waals surface area (Å²) in [5, 5.41) is 1.36. The summed E-state index contributed by atoms with van der Waals surface area (Å²) in [5.74, 6) is -0.0533. The summed E-state index contributed by atoms with van der Waals surface area (Å²) in [6.45, 7) is 9.71. The van der Waals surface area contributed by atoms with E-state index in [-0.39, 0.29) is 11.5 Å². The van der Waals surface area contributed by atoms with Gasteiger partial charge in [-0.2, -0.15) is 0 Å². The number of carbonyl (C=O) groups excluding carboxylic acids is 1. The van der Waals surface area contributed by atoms with Crippen LogP contribution in [0.3, 0.4) is 0 Å². The first-order valence-electron chi connectivity index (χ1n) is 3.84. The van der Waals surface area contributed by atoms with E-state index in [0.717, 1.165) is 0 Å². The average Bonchev–Trinajstić information content (AvgIpc) is 1.80. The zero-order chi connectivity index (χ0) is 9.07. The normalized spacial score (nSPS) is 11.4. The zero-order valence-electron chi connectivity index (χ0n) is 7.97. The van der Waals surface area contributed by atoms with Crippen LogP contribution in [0.1, 0.15) is 34.6 Å². The second kappa shape index (κ2) is 3.72. The van der Waals surface area contributed by atoms with Crippen molar-refractivity contribution in [3.8, 4) is 0 Å². The van der Waals surface area contributed by atoms with Crippen LogP contribution in [0.4, 0.5) is 0 Å². The lowest BCUT2D eigenvalue weighted by Gasteiger charge is -2.27. The number of amides is 1. The molecule has 1 amide bonds. The minimum absolute atomic E-state index is 0.0533. The smallest absolute Gasteiger partial charge is 0.243 e. The van der Waals surface area contributed by atoms with Crippen molar-refractivity contribution in [3.05, 3.63) is 0 Å². The molecule has 0 aromatic carbocycles. The van der Waals surface area contributed by atoms with Gasteiger partial charge in [-0.25, -0.2) is 5.06 Å². The molecule has 0 radical (unpaired) electrons. The minimum Gasteiger partial charge on any atom is -0.273 e. The Balaban J connectivity index is 3.99. The maximum atomic E-state index is 10.9. The first-order valence-corrected chi connectivity index (χ1v) is 3.84. The van der Waals surface area contributed by atoms with Crippen molar-refractivity contribution in [3.63, 3.8) is 0 Å². The van der Waals surface area contributed by atoms with Gasteiger partial charge in [-0.05, 0) is 27.7 Å². The third kappa shape index (κ3) is 4.79. The zero-order valence-corrected chi connectivity index (χ0v) is 7.97. The van der Waals surface area contributed by atoms with Crippen molar-refractivity contribution >= 4 is 5.91 Å². The van der Waals surface area contributed by atoms with Crippen LogP contribution in [-0.4, -0.2) is 23.1 Å². The molecule has 3 nitrogen and oxygen atoms in total. The van der Waals surface area contributed by atoms with Crippen molar-refractivity contribution in [2.24, 2.45) is 0 Å². The second-order valence-electron chi connectivity index (χ2n) is 3.42. The summed E-state index contributed by atoms with van der Waals surface area (Å²) in [5.41, 5.74) is -0.290. The minimum atomic E-state index is -0.290. The summed E-state index contributed by atoms with van der Waals surface area (Å²) in [4.78, 5) is 16.2. The molecule has 0 aromatic heterocycles. The highest BCUT2D eigenvalue weighted by atomic mass is 16.7. The molecule has 0 aliphatic rings. The van der Waals surface area contributed by atoms with Crippen LogP contribution in [0.15, 0.2) is 0 Å². The van der Waals surface area contributed by atoms with Crippen LogP contribution >= 0.6 is 0 Å². The third-order valence-corrected chi connectivity index (χ3v) is 1.02. The van der Waals surface area contributed by atoms with Gasteiger partial charge in [-0.15, -0.1) is 0 Å². The molecule has 0 saturated carbocycles. The van der Waals surface area contributed by atoms with Crippen molar-refractivity contribution in [2.75, 3.05) is 6.54 Å². The van der Waals surface area contributed by atoms with Crippen molar-refractivity contribution in [1.29, 1.82) is 0 Å². The maximum absolute atomic E-state index is 10.9. The second-order valence-corrected chi connectivity index (χ2v) is 3.42. The molecule has 0 saturated heterocycles. The van der Waals surface area contributed by atoms with Crippen LogP contribution in [0.5, 0.6) is 0 Å². The molecule has 66 valence electrons. The van der Waals surface area contributed by atoms with Crippen LogP contribution in [-0.2, 0) is 9.63 Å². The van der Waals surface area contributed by atoms with Crippen LogP contribution in [0, 0.1) is 0 Å². The van der Waals surface area contributed by atoms with E-state index in [2.05, 4.69) is 0 Å². The summed E-state index contributed by atoms with van der Waals surface area (Å²) < 4.78 is 0. The lowest BCUT2D eigenvalue weighted by atomic mass is 10.2. The lowest BCUT2D eigenvalue weighted by molar-refractivity contribution is -0.223. The fraction of sp³-hybridized carbons (Fsp3) is 0.875. The Labute approximate surface area is 68.3 Å². The molecule has 0 unspecified atom stereocenters. The molecule has 11 heavy (non-hydrogen) atoms. The SMILES string of the molecule is CCN(OC(C)(C)C)C(C)=O. The molecular formula is C8H17NO2. The molecule has 0 spiro atoms. The van der Waals surface area contributed by atoms with Gasteiger partial charge in [-0.3, -0.25) is 9.63 Å². The van der Waals surface area contributed by atoms with Gasteiger partial charge < -0.3 is 0 Å². The molecule has 0 heterocycles. The van der Waals surface area contributed by atoms with E-state index in [4.69, 9.17) is 4.84 Å². The van der Waals surface area contributed by atoms with E-state index < -0.39 is 0 Å². The largest absolute Gasteiger partial charge is 0.273 e. The van der Waals surface area contributed by atoms with Gasteiger partial charge in [0.1, 0.15) is 0 Å². The average molecular weight is 159 g/mol. The van der Waals surface area contributed by atoms with Crippen LogP contribution in [0.25, 0.3) is 0 Å². The summed E-state index contributed by atoms with van der Waals surface area (Å²) in [6.07, 6.45) is 0. The molecule has 0 aliphatic carbocycles. The highest BCUT2D eigenvalue weighted by molar-refractivity contribution is 5.71. The van der Waals surface area contributed by atoms with Gasteiger partial charge in [0.05, 0.1) is 5.60 Å². The molecule has 0 atom stereocenters. The molecular weight excluding hydrogens is 142 g/mol. The predicted octanol–water partition coefficient (Wildman–Crippen LogP) is 1.58. The molecule has 3 heteroatoms. The van der Waals surface area contributed by atoms with Crippen molar-refractivity contribution < 1.29 is 9.63 Å². The molecule has 0 bridgehead atoms. The predicted molar refractivity (Wildman–Crippen MR) is 43.9 cm³/mol. The number of nitrogens with zero attached hydrogens (tertiary/aromatic N) is 1. The van der Waals surface area contributed by atoms with Gasteiger partial charge >= 0.3 is 0 Å².